The Morgan fingerprint density at radius 3 is 2.83 bits per heavy atom. The third-order valence-corrected chi connectivity index (χ3v) is 6.13. The molecule has 1 N–H and O–H groups in total. The van der Waals surface area contributed by atoms with Crippen LogP contribution in [-0.4, -0.2) is 41.5 Å². The maximum atomic E-state index is 12.9. The monoisotopic (exact) mass is 413 g/mol. The average Bonchev–Trinajstić information content (AvgIpc) is 3.29. The van der Waals surface area contributed by atoms with Crippen LogP contribution in [-0.2, 0) is 11.3 Å². The van der Waals surface area contributed by atoms with Crippen LogP contribution in [0.1, 0.15) is 24.3 Å². The Morgan fingerprint density at radius 2 is 2.00 bits per heavy atom. The highest BCUT2D eigenvalue weighted by Gasteiger charge is 2.31. The highest BCUT2D eigenvalue weighted by molar-refractivity contribution is 7.18. The van der Waals surface area contributed by atoms with Crippen LogP contribution in [0, 0.1) is 5.82 Å². The zero-order chi connectivity index (χ0) is 20.1. The second kappa shape index (κ2) is 9.33. The van der Waals surface area contributed by atoms with Gasteiger partial charge in [0.25, 0.3) is 0 Å². The van der Waals surface area contributed by atoms with E-state index in [9.17, 15) is 9.18 Å². The van der Waals surface area contributed by atoms with E-state index in [0.29, 0.717) is 31.9 Å². The lowest BCUT2D eigenvalue weighted by molar-refractivity contribution is -0.129. The molecule has 1 fully saturated rings. The van der Waals surface area contributed by atoms with Crippen molar-refractivity contribution in [1.29, 1.82) is 0 Å². The number of benzene rings is 2. The number of amides is 1. The summed E-state index contributed by atoms with van der Waals surface area (Å²) in [6.07, 6.45) is 2.42. The van der Waals surface area contributed by atoms with Gasteiger partial charge in [-0.1, -0.05) is 12.1 Å². The lowest BCUT2D eigenvalue weighted by Gasteiger charge is -2.24. The summed E-state index contributed by atoms with van der Waals surface area (Å²) in [7, 11) is 0. The lowest BCUT2D eigenvalue weighted by Crippen LogP contribution is -2.35. The van der Waals surface area contributed by atoms with Gasteiger partial charge in [0.1, 0.15) is 23.2 Å². The minimum absolute atomic E-state index is 0.217. The SMILES string of the molecule is O=C1CC[C@@H](CCNCCOc2ccc(F)cc2)N1Cc1nc2ccccc2s1. The van der Waals surface area contributed by atoms with Gasteiger partial charge in [-0.3, -0.25) is 4.79 Å². The number of hydrogen-bond acceptors (Lipinski definition) is 5. The van der Waals surface area contributed by atoms with Gasteiger partial charge in [0.05, 0.1) is 16.8 Å². The van der Waals surface area contributed by atoms with E-state index in [1.54, 1.807) is 23.5 Å². The van der Waals surface area contributed by atoms with Gasteiger partial charge >= 0.3 is 0 Å². The molecule has 0 aliphatic carbocycles. The summed E-state index contributed by atoms with van der Waals surface area (Å²) in [6.45, 7) is 2.64. The molecule has 0 bridgehead atoms. The summed E-state index contributed by atoms with van der Waals surface area (Å²) >= 11 is 1.66. The first-order chi connectivity index (χ1) is 14.2. The molecule has 4 rings (SSSR count). The average molecular weight is 414 g/mol. The molecule has 3 aromatic rings. The van der Waals surface area contributed by atoms with Gasteiger partial charge in [-0.25, -0.2) is 9.37 Å². The second-order valence-electron chi connectivity index (χ2n) is 7.13. The zero-order valence-corrected chi connectivity index (χ0v) is 17.0. The third kappa shape index (κ3) is 5.10. The molecule has 1 atom stereocenters. The molecule has 1 aliphatic rings. The summed E-state index contributed by atoms with van der Waals surface area (Å²) in [6, 6.07) is 14.4. The normalized spacial score (nSPS) is 16.7. The number of rotatable bonds is 9. The van der Waals surface area contributed by atoms with Gasteiger partial charge in [-0.05, 0) is 55.8 Å². The number of halogens is 1. The second-order valence-corrected chi connectivity index (χ2v) is 8.25. The van der Waals surface area contributed by atoms with Crippen LogP contribution in [0.15, 0.2) is 48.5 Å². The van der Waals surface area contributed by atoms with Crippen LogP contribution < -0.4 is 10.1 Å². The van der Waals surface area contributed by atoms with Crippen LogP contribution in [0.3, 0.4) is 0 Å². The van der Waals surface area contributed by atoms with Crippen molar-refractivity contribution in [1.82, 2.24) is 15.2 Å². The Bertz CT molecular complexity index is 927. The molecule has 7 heteroatoms. The van der Waals surface area contributed by atoms with E-state index in [1.165, 1.54) is 12.1 Å². The third-order valence-electron chi connectivity index (χ3n) is 5.11. The largest absolute Gasteiger partial charge is 0.492 e. The lowest BCUT2D eigenvalue weighted by atomic mass is 10.1. The number of ether oxygens (including phenoxy) is 1. The Hall–Kier alpha value is -2.51. The van der Waals surface area contributed by atoms with E-state index in [1.807, 2.05) is 23.1 Å². The van der Waals surface area contributed by atoms with E-state index in [2.05, 4.69) is 16.4 Å². The molecule has 152 valence electrons. The number of nitrogens with zero attached hydrogens (tertiary/aromatic N) is 2. The number of fused-ring (bicyclic) bond motifs is 1. The van der Waals surface area contributed by atoms with Gasteiger partial charge in [0, 0.05) is 19.0 Å². The zero-order valence-electron chi connectivity index (χ0n) is 16.1. The number of hydrogen-bond donors (Lipinski definition) is 1. The summed E-state index contributed by atoms with van der Waals surface area (Å²) in [4.78, 5) is 19.0. The fraction of sp³-hybridized carbons (Fsp3) is 0.364. The number of aromatic nitrogens is 1. The van der Waals surface area contributed by atoms with Gasteiger partial charge in [0.2, 0.25) is 5.91 Å². The Morgan fingerprint density at radius 1 is 1.17 bits per heavy atom. The molecular formula is C22H24FN3O2S. The number of carbonyl (C=O) groups is 1. The summed E-state index contributed by atoms with van der Waals surface area (Å²) < 4.78 is 19.6. The highest BCUT2D eigenvalue weighted by atomic mass is 32.1. The molecule has 0 radical (unpaired) electrons. The maximum Gasteiger partial charge on any atom is 0.223 e. The molecular weight excluding hydrogens is 389 g/mol. The Labute approximate surface area is 173 Å². The van der Waals surface area contributed by atoms with E-state index in [0.717, 1.165) is 34.6 Å². The molecule has 29 heavy (non-hydrogen) atoms. The van der Waals surface area contributed by atoms with E-state index in [4.69, 9.17) is 4.74 Å². The van der Waals surface area contributed by atoms with Gasteiger partial charge in [0.15, 0.2) is 0 Å². The predicted octanol–water partition coefficient (Wildman–Crippen LogP) is 3.99. The Balaban J connectivity index is 1.21. The molecule has 1 aromatic heterocycles. The van der Waals surface area contributed by atoms with Gasteiger partial charge in [-0.2, -0.15) is 0 Å². The van der Waals surface area contributed by atoms with Crippen molar-refractivity contribution in [3.63, 3.8) is 0 Å². The van der Waals surface area contributed by atoms with Gasteiger partial charge < -0.3 is 15.0 Å². The first kappa shape index (κ1) is 19.8. The van der Waals surface area contributed by atoms with Crippen molar-refractivity contribution in [3.05, 3.63) is 59.4 Å². The topological polar surface area (TPSA) is 54.5 Å². The van der Waals surface area contributed by atoms with E-state index < -0.39 is 0 Å². The maximum absolute atomic E-state index is 12.9. The molecule has 1 amide bonds. The number of para-hydroxylation sites is 1. The van der Waals surface area contributed by atoms with Crippen molar-refractivity contribution in [2.75, 3.05) is 19.7 Å². The molecule has 0 saturated carbocycles. The Kier molecular flexibility index (Phi) is 6.36. The number of likely N-dealkylation sites (tertiary alicyclic amines) is 1. The fourth-order valence-corrected chi connectivity index (χ4v) is 4.58. The van der Waals surface area contributed by atoms with Crippen LogP contribution in [0.4, 0.5) is 4.39 Å². The summed E-state index contributed by atoms with van der Waals surface area (Å²) in [5, 5.41) is 4.36. The summed E-state index contributed by atoms with van der Waals surface area (Å²) in [5.74, 6) is 0.613. The van der Waals surface area contributed by atoms with E-state index >= 15 is 0 Å². The quantitative estimate of drug-likeness (QED) is 0.539. The summed E-state index contributed by atoms with van der Waals surface area (Å²) in [5.41, 5.74) is 0.999. The number of carbonyl (C=O) groups excluding carboxylic acids is 1. The highest BCUT2D eigenvalue weighted by Crippen LogP contribution is 2.27. The van der Waals surface area contributed by atoms with Crippen LogP contribution in [0.25, 0.3) is 10.2 Å². The molecule has 2 aromatic carbocycles. The number of nitrogens with one attached hydrogen (secondary N) is 1. The molecule has 2 heterocycles. The predicted molar refractivity (Wildman–Crippen MR) is 113 cm³/mol. The standard InChI is InChI=1S/C22H24FN3O2S/c23-16-5-8-18(9-6-16)28-14-13-24-12-11-17-7-10-22(27)26(17)15-21-25-19-3-1-2-4-20(19)29-21/h1-6,8-9,17,24H,7,10-15H2/t17-/m0/s1. The van der Waals surface area contributed by atoms with Crippen molar-refractivity contribution in [3.8, 4) is 5.75 Å². The molecule has 0 unspecified atom stereocenters. The van der Waals surface area contributed by atoms with Crippen LogP contribution in [0.5, 0.6) is 5.75 Å². The smallest absolute Gasteiger partial charge is 0.223 e. The first-order valence-electron chi connectivity index (χ1n) is 9.92. The number of thiazole rings is 1. The van der Waals surface area contributed by atoms with Crippen molar-refractivity contribution >= 4 is 27.5 Å². The van der Waals surface area contributed by atoms with Crippen molar-refractivity contribution < 1.29 is 13.9 Å². The fourth-order valence-electron chi connectivity index (χ4n) is 3.61. The van der Waals surface area contributed by atoms with Crippen LogP contribution >= 0.6 is 11.3 Å². The van der Waals surface area contributed by atoms with Crippen molar-refractivity contribution in [2.45, 2.75) is 31.8 Å². The van der Waals surface area contributed by atoms with Crippen LogP contribution in [0.2, 0.25) is 0 Å². The van der Waals surface area contributed by atoms with Gasteiger partial charge in [-0.15, -0.1) is 11.3 Å². The van der Waals surface area contributed by atoms with E-state index in [-0.39, 0.29) is 17.8 Å². The minimum Gasteiger partial charge on any atom is -0.492 e. The molecule has 5 nitrogen and oxygen atoms in total. The first-order valence-corrected chi connectivity index (χ1v) is 10.7. The molecule has 0 spiro atoms. The molecule has 1 saturated heterocycles. The minimum atomic E-state index is -0.267. The molecule has 1 aliphatic heterocycles. The van der Waals surface area contributed by atoms with Crippen molar-refractivity contribution in [2.24, 2.45) is 0 Å².